The van der Waals surface area contributed by atoms with Crippen molar-refractivity contribution < 1.29 is 4.79 Å². The summed E-state index contributed by atoms with van der Waals surface area (Å²) in [5, 5.41) is 3.46. The van der Waals surface area contributed by atoms with Crippen molar-refractivity contribution >= 4 is 27.5 Å². The maximum atomic E-state index is 12.1. The first-order valence-electron chi connectivity index (χ1n) is 7.54. The summed E-state index contributed by atoms with van der Waals surface area (Å²) in [4.78, 5) is 16.2. The molecule has 0 saturated carbocycles. The Hall–Kier alpha value is -1.07. The summed E-state index contributed by atoms with van der Waals surface area (Å²) in [7, 11) is 1.88. The number of nitrogens with zero attached hydrogens (tertiary/aromatic N) is 2. The summed E-state index contributed by atoms with van der Waals surface area (Å²) < 4.78 is 1.07. The smallest absolute Gasteiger partial charge is 0.241 e. The highest BCUT2D eigenvalue weighted by Gasteiger charge is 2.22. The van der Waals surface area contributed by atoms with Gasteiger partial charge in [-0.05, 0) is 43.7 Å². The molecule has 1 N–H and O–H groups in total. The molecule has 1 aromatic carbocycles. The van der Waals surface area contributed by atoms with Gasteiger partial charge in [-0.1, -0.05) is 22.9 Å². The zero-order valence-electron chi connectivity index (χ0n) is 13.0. The standard InChI is InChI=1S/C16H24BrN3O/c1-4-18-12(2)14-10-13(17)6-7-15(14)20-9-5-8-19(3)16(21)11-20/h6-7,10,12,18H,4-5,8-9,11H2,1-3H3. The van der Waals surface area contributed by atoms with Crippen LogP contribution in [0.15, 0.2) is 22.7 Å². The largest absolute Gasteiger partial charge is 0.362 e. The van der Waals surface area contributed by atoms with Crippen LogP contribution < -0.4 is 10.2 Å². The van der Waals surface area contributed by atoms with E-state index in [1.807, 2.05) is 11.9 Å². The van der Waals surface area contributed by atoms with Crippen LogP contribution in [0, 0.1) is 0 Å². The van der Waals surface area contributed by atoms with E-state index in [2.05, 4.69) is 58.2 Å². The SMILES string of the molecule is CCNC(C)c1cc(Br)ccc1N1CCCN(C)C(=O)C1. The Balaban J connectivity index is 2.31. The highest BCUT2D eigenvalue weighted by Crippen LogP contribution is 2.30. The summed E-state index contributed by atoms with van der Waals surface area (Å²) in [5.74, 6) is 0.192. The van der Waals surface area contributed by atoms with Crippen LogP contribution in [0.2, 0.25) is 0 Å². The summed E-state index contributed by atoms with van der Waals surface area (Å²) in [6.45, 7) is 7.42. The van der Waals surface area contributed by atoms with Crippen molar-refractivity contribution in [3.8, 4) is 0 Å². The average Bonchev–Trinajstić information content (AvgIpc) is 2.61. The molecule has 1 fully saturated rings. The lowest BCUT2D eigenvalue weighted by molar-refractivity contribution is -0.127. The van der Waals surface area contributed by atoms with E-state index in [4.69, 9.17) is 0 Å². The quantitative estimate of drug-likeness (QED) is 0.903. The van der Waals surface area contributed by atoms with Gasteiger partial charge in [0.2, 0.25) is 5.91 Å². The van der Waals surface area contributed by atoms with Crippen LogP contribution in [0.5, 0.6) is 0 Å². The number of benzene rings is 1. The van der Waals surface area contributed by atoms with Crippen molar-refractivity contribution in [1.82, 2.24) is 10.2 Å². The Labute approximate surface area is 135 Å². The minimum Gasteiger partial charge on any atom is -0.362 e. The first-order chi connectivity index (χ1) is 10.0. The molecule has 1 amide bonds. The molecule has 1 atom stereocenters. The fourth-order valence-corrected chi connectivity index (χ4v) is 3.15. The van der Waals surface area contributed by atoms with Crippen molar-refractivity contribution in [3.05, 3.63) is 28.2 Å². The van der Waals surface area contributed by atoms with Gasteiger partial charge in [-0.15, -0.1) is 0 Å². The lowest BCUT2D eigenvalue weighted by atomic mass is 10.0. The van der Waals surface area contributed by atoms with E-state index in [-0.39, 0.29) is 11.9 Å². The van der Waals surface area contributed by atoms with Crippen molar-refractivity contribution in [2.75, 3.05) is 38.1 Å². The fourth-order valence-electron chi connectivity index (χ4n) is 2.77. The third-order valence-electron chi connectivity index (χ3n) is 3.98. The molecule has 0 aliphatic carbocycles. The van der Waals surface area contributed by atoms with Gasteiger partial charge in [-0.2, -0.15) is 0 Å². The fraction of sp³-hybridized carbons (Fsp3) is 0.562. The molecule has 0 aromatic heterocycles. The van der Waals surface area contributed by atoms with E-state index in [1.165, 1.54) is 5.56 Å². The van der Waals surface area contributed by atoms with Gasteiger partial charge in [-0.3, -0.25) is 4.79 Å². The monoisotopic (exact) mass is 353 g/mol. The summed E-state index contributed by atoms with van der Waals surface area (Å²) in [6, 6.07) is 6.59. The molecule has 0 spiro atoms. The number of rotatable bonds is 4. The van der Waals surface area contributed by atoms with E-state index >= 15 is 0 Å². The van der Waals surface area contributed by atoms with Crippen LogP contribution in [0.1, 0.15) is 31.9 Å². The van der Waals surface area contributed by atoms with Gasteiger partial charge in [0.15, 0.2) is 0 Å². The second-order valence-corrected chi connectivity index (χ2v) is 6.49. The highest BCUT2D eigenvalue weighted by molar-refractivity contribution is 9.10. The van der Waals surface area contributed by atoms with E-state index in [0.717, 1.165) is 36.2 Å². The van der Waals surface area contributed by atoms with Gasteiger partial charge < -0.3 is 15.1 Å². The maximum absolute atomic E-state index is 12.1. The molecule has 0 bridgehead atoms. The van der Waals surface area contributed by atoms with Crippen LogP contribution in [0.3, 0.4) is 0 Å². The molecule has 1 saturated heterocycles. The second-order valence-electron chi connectivity index (χ2n) is 5.57. The molecule has 116 valence electrons. The van der Waals surface area contributed by atoms with Gasteiger partial charge in [0, 0.05) is 36.3 Å². The Bertz CT molecular complexity index is 506. The van der Waals surface area contributed by atoms with Gasteiger partial charge in [0.05, 0.1) is 6.54 Å². The predicted octanol–water partition coefficient (Wildman–Crippen LogP) is 2.79. The minimum absolute atomic E-state index is 0.192. The molecular weight excluding hydrogens is 330 g/mol. The third-order valence-corrected chi connectivity index (χ3v) is 4.47. The zero-order chi connectivity index (χ0) is 15.4. The summed E-state index contributed by atoms with van der Waals surface area (Å²) >= 11 is 3.56. The normalized spacial score (nSPS) is 17.8. The lowest BCUT2D eigenvalue weighted by Crippen LogP contribution is -2.35. The maximum Gasteiger partial charge on any atom is 0.241 e. The number of carbonyl (C=O) groups is 1. The molecule has 1 aromatic rings. The number of anilines is 1. The Morgan fingerprint density at radius 1 is 1.38 bits per heavy atom. The van der Waals surface area contributed by atoms with Crippen LogP contribution in [-0.2, 0) is 4.79 Å². The lowest BCUT2D eigenvalue weighted by Gasteiger charge is -2.27. The number of likely N-dealkylation sites (N-methyl/N-ethyl adjacent to an activating group) is 1. The molecule has 21 heavy (non-hydrogen) atoms. The van der Waals surface area contributed by atoms with Crippen molar-refractivity contribution in [1.29, 1.82) is 0 Å². The van der Waals surface area contributed by atoms with Crippen LogP contribution in [-0.4, -0.2) is 44.0 Å². The molecule has 1 unspecified atom stereocenters. The molecule has 1 heterocycles. The Morgan fingerprint density at radius 3 is 2.86 bits per heavy atom. The van der Waals surface area contributed by atoms with Crippen molar-refractivity contribution in [2.24, 2.45) is 0 Å². The van der Waals surface area contributed by atoms with E-state index in [1.54, 1.807) is 0 Å². The zero-order valence-corrected chi connectivity index (χ0v) is 14.6. The number of hydrogen-bond acceptors (Lipinski definition) is 3. The average molecular weight is 354 g/mol. The van der Waals surface area contributed by atoms with E-state index in [9.17, 15) is 4.79 Å². The van der Waals surface area contributed by atoms with Crippen LogP contribution in [0.4, 0.5) is 5.69 Å². The molecular formula is C16H24BrN3O. The number of carbonyl (C=O) groups excluding carboxylic acids is 1. The van der Waals surface area contributed by atoms with Crippen LogP contribution in [0.25, 0.3) is 0 Å². The second kappa shape index (κ2) is 7.27. The number of nitrogens with one attached hydrogen (secondary N) is 1. The number of hydrogen-bond donors (Lipinski definition) is 1. The van der Waals surface area contributed by atoms with E-state index < -0.39 is 0 Å². The molecule has 1 aliphatic heterocycles. The Kier molecular flexibility index (Phi) is 5.65. The van der Waals surface area contributed by atoms with Gasteiger partial charge >= 0.3 is 0 Å². The summed E-state index contributed by atoms with van der Waals surface area (Å²) in [6.07, 6.45) is 1.01. The van der Waals surface area contributed by atoms with Gasteiger partial charge in [-0.25, -0.2) is 0 Å². The first-order valence-corrected chi connectivity index (χ1v) is 8.34. The van der Waals surface area contributed by atoms with E-state index in [0.29, 0.717) is 6.54 Å². The third kappa shape index (κ3) is 3.98. The molecule has 4 nitrogen and oxygen atoms in total. The van der Waals surface area contributed by atoms with Gasteiger partial charge in [0.1, 0.15) is 0 Å². The molecule has 0 radical (unpaired) electrons. The number of amides is 1. The Morgan fingerprint density at radius 2 is 2.14 bits per heavy atom. The molecule has 2 rings (SSSR count). The van der Waals surface area contributed by atoms with Crippen LogP contribution >= 0.6 is 15.9 Å². The topological polar surface area (TPSA) is 35.6 Å². The van der Waals surface area contributed by atoms with Crippen molar-refractivity contribution in [3.63, 3.8) is 0 Å². The molecule has 1 aliphatic rings. The predicted molar refractivity (Wildman–Crippen MR) is 90.7 cm³/mol. The molecule has 5 heteroatoms. The van der Waals surface area contributed by atoms with Gasteiger partial charge in [0.25, 0.3) is 0 Å². The first kappa shape index (κ1) is 16.3. The highest BCUT2D eigenvalue weighted by atomic mass is 79.9. The summed E-state index contributed by atoms with van der Waals surface area (Å²) in [5.41, 5.74) is 2.40. The van der Waals surface area contributed by atoms with Crippen molar-refractivity contribution in [2.45, 2.75) is 26.3 Å². The minimum atomic E-state index is 0.192. The number of halogens is 1.